The Hall–Kier alpha value is -1.76. The Morgan fingerprint density at radius 2 is 1.56 bits per heavy atom. The van der Waals surface area contributed by atoms with E-state index in [9.17, 15) is 0 Å². The lowest BCUT2D eigenvalue weighted by Crippen LogP contribution is -2.07. The third-order valence-corrected chi connectivity index (χ3v) is 3.18. The summed E-state index contributed by atoms with van der Waals surface area (Å²) in [6.45, 7) is 4.28. The summed E-state index contributed by atoms with van der Waals surface area (Å²) < 4.78 is 0. The van der Waals surface area contributed by atoms with Gasteiger partial charge in [0.25, 0.3) is 0 Å². The molecule has 3 rings (SSSR count). The first-order chi connectivity index (χ1) is 7.72. The van der Waals surface area contributed by atoms with Gasteiger partial charge in [-0.25, -0.2) is 0 Å². The lowest BCUT2D eigenvalue weighted by molar-refractivity contribution is 1.14. The normalized spacial score (nSPS) is 12.6. The standard InChI is InChI=1S/C15H15N/c1-10-4-6-14-13(7-10)9-12-5-3-11(2)8-15(12)16-14/h3-8,16H,9H2,1-2H3. The monoisotopic (exact) mass is 209 g/mol. The van der Waals surface area contributed by atoms with Crippen LogP contribution in [0.2, 0.25) is 0 Å². The molecule has 80 valence electrons. The Bertz CT molecular complexity index is 504. The minimum Gasteiger partial charge on any atom is -0.355 e. The van der Waals surface area contributed by atoms with Crippen LogP contribution in [0.1, 0.15) is 22.3 Å². The van der Waals surface area contributed by atoms with Crippen molar-refractivity contribution in [1.82, 2.24) is 0 Å². The third kappa shape index (κ3) is 1.49. The Labute approximate surface area is 96.1 Å². The average molecular weight is 209 g/mol. The second-order valence-corrected chi connectivity index (χ2v) is 4.62. The summed E-state index contributed by atoms with van der Waals surface area (Å²) in [4.78, 5) is 0. The molecule has 1 aliphatic rings. The Morgan fingerprint density at radius 1 is 0.812 bits per heavy atom. The smallest absolute Gasteiger partial charge is 0.0422 e. The van der Waals surface area contributed by atoms with Gasteiger partial charge in [0.15, 0.2) is 0 Å². The molecule has 0 bridgehead atoms. The molecule has 1 N–H and O–H groups in total. The minimum absolute atomic E-state index is 1.04. The van der Waals surface area contributed by atoms with Gasteiger partial charge >= 0.3 is 0 Å². The van der Waals surface area contributed by atoms with Gasteiger partial charge in [0, 0.05) is 17.8 Å². The van der Waals surface area contributed by atoms with E-state index in [1.165, 1.54) is 33.6 Å². The molecule has 2 aromatic carbocycles. The highest BCUT2D eigenvalue weighted by molar-refractivity contribution is 5.72. The van der Waals surface area contributed by atoms with Crippen molar-refractivity contribution in [2.75, 3.05) is 5.32 Å². The molecular weight excluding hydrogens is 194 g/mol. The molecule has 0 aromatic heterocycles. The molecule has 0 fully saturated rings. The van der Waals surface area contributed by atoms with Crippen molar-refractivity contribution in [2.24, 2.45) is 0 Å². The van der Waals surface area contributed by atoms with E-state index in [1.54, 1.807) is 0 Å². The molecule has 0 atom stereocenters. The van der Waals surface area contributed by atoms with Gasteiger partial charge in [-0.15, -0.1) is 0 Å². The number of rotatable bonds is 0. The van der Waals surface area contributed by atoms with Gasteiger partial charge in [-0.2, -0.15) is 0 Å². The van der Waals surface area contributed by atoms with E-state index in [0.29, 0.717) is 0 Å². The predicted octanol–water partition coefficient (Wildman–Crippen LogP) is 3.95. The van der Waals surface area contributed by atoms with Crippen LogP contribution in [0.15, 0.2) is 36.4 Å². The zero-order valence-corrected chi connectivity index (χ0v) is 9.67. The summed E-state index contributed by atoms with van der Waals surface area (Å²) in [5.41, 5.74) is 7.94. The van der Waals surface area contributed by atoms with Crippen molar-refractivity contribution in [2.45, 2.75) is 20.3 Å². The topological polar surface area (TPSA) is 12.0 Å². The van der Waals surface area contributed by atoms with Crippen LogP contribution in [-0.2, 0) is 6.42 Å². The zero-order valence-electron chi connectivity index (χ0n) is 9.67. The van der Waals surface area contributed by atoms with Gasteiger partial charge in [0.1, 0.15) is 0 Å². The highest BCUT2D eigenvalue weighted by Crippen LogP contribution is 2.33. The van der Waals surface area contributed by atoms with Crippen LogP contribution in [0.4, 0.5) is 11.4 Å². The first kappa shape index (κ1) is 9.46. The maximum atomic E-state index is 3.51. The number of nitrogens with one attached hydrogen (secondary N) is 1. The predicted molar refractivity (Wildman–Crippen MR) is 68.4 cm³/mol. The van der Waals surface area contributed by atoms with Crippen molar-refractivity contribution >= 4 is 11.4 Å². The highest BCUT2D eigenvalue weighted by Gasteiger charge is 2.14. The van der Waals surface area contributed by atoms with E-state index < -0.39 is 0 Å². The van der Waals surface area contributed by atoms with Crippen molar-refractivity contribution in [3.63, 3.8) is 0 Å². The molecule has 0 unspecified atom stereocenters. The molecule has 0 spiro atoms. The van der Waals surface area contributed by atoms with Gasteiger partial charge in [-0.05, 0) is 42.7 Å². The van der Waals surface area contributed by atoms with Gasteiger partial charge in [-0.3, -0.25) is 0 Å². The summed E-state index contributed by atoms with van der Waals surface area (Å²) in [6, 6.07) is 13.2. The number of fused-ring (bicyclic) bond motifs is 2. The first-order valence-corrected chi connectivity index (χ1v) is 5.68. The Balaban J connectivity index is 2.09. The molecule has 0 aliphatic carbocycles. The molecule has 2 aromatic rings. The fourth-order valence-corrected chi connectivity index (χ4v) is 2.30. The van der Waals surface area contributed by atoms with E-state index in [2.05, 4.69) is 55.6 Å². The van der Waals surface area contributed by atoms with Crippen LogP contribution in [0, 0.1) is 13.8 Å². The summed E-state index contributed by atoms with van der Waals surface area (Å²) in [5.74, 6) is 0. The summed E-state index contributed by atoms with van der Waals surface area (Å²) >= 11 is 0. The maximum Gasteiger partial charge on any atom is 0.0422 e. The molecule has 16 heavy (non-hydrogen) atoms. The van der Waals surface area contributed by atoms with Crippen LogP contribution in [0.25, 0.3) is 0 Å². The second-order valence-electron chi connectivity index (χ2n) is 4.62. The SMILES string of the molecule is Cc1ccc2c(c1)Cc1ccc(C)cc1N2. The number of hydrogen-bond donors (Lipinski definition) is 1. The molecular formula is C15H15N. The molecule has 1 aliphatic heterocycles. The second kappa shape index (κ2) is 3.38. The number of benzene rings is 2. The fraction of sp³-hybridized carbons (Fsp3) is 0.200. The third-order valence-electron chi connectivity index (χ3n) is 3.18. The van der Waals surface area contributed by atoms with E-state index in [-0.39, 0.29) is 0 Å². The van der Waals surface area contributed by atoms with Crippen LogP contribution in [-0.4, -0.2) is 0 Å². The largest absolute Gasteiger partial charge is 0.355 e. The van der Waals surface area contributed by atoms with E-state index in [1.807, 2.05) is 0 Å². The molecule has 0 saturated carbocycles. The minimum atomic E-state index is 1.04. The summed E-state index contributed by atoms with van der Waals surface area (Å²) in [5, 5.41) is 3.51. The molecule has 0 saturated heterocycles. The number of aryl methyl sites for hydroxylation is 2. The van der Waals surface area contributed by atoms with Crippen molar-refractivity contribution in [1.29, 1.82) is 0 Å². The maximum absolute atomic E-state index is 3.51. The molecule has 1 heteroatoms. The lowest BCUT2D eigenvalue weighted by Gasteiger charge is -2.22. The van der Waals surface area contributed by atoms with Gasteiger partial charge < -0.3 is 5.32 Å². The van der Waals surface area contributed by atoms with E-state index in [4.69, 9.17) is 0 Å². The number of anilines is 2. The molecule has 0 amide bonds. The van der Waals surface area contributed by atoms with Crippen LogP contribution < -0.4 is 5.32 Å². The van der Waals surface area contributed by atoms with Gasteiger partial charge in [0.05, 0.1) is 0 Å². The zero-order chi connectivity index (χ0) is 11.1. The number of hydrogen-bond acceptors (Lipinski definition) is 1. The fourth-order valence-electron chi connectivity index (χ4n) is 2.30. The first-order valence-electron chi connectivity index (χ1n) is 5.68. The molecule has 0 radical (unpaired) electrons. The lowest BCUT2D eigenvalue weighted by atomic mass is 9.95. The van der Waals surface area contributed by atoms with Crippen LogP contribution in [0.5, 0.6) is 0 Å². The Kier molecular flexibility index (Phi) is 2.00. The quantitative estimate of drug-likeness (QED) is 0.591. The van der Waals surface area contributed by atoms with Gasteiger partial charge in [0.2, 0.25) is 0 Å². The summed E-state index contributed by atoms with van der Waals surface area (Å²) in [6.07, 6.45) is 1.04. The van der Waals surface area contributed by atoms with E-state index in [0.717, 1.165) is 6.42 Å². The van der Waals surface area contributed by atoms with Crippen LogP contribution in [0.3, 0.4) is 0 Å². The van der Waals surface area contributed by atoms with Crippen molar-refractivity contribution in [3.05, 3.63) is 58.7 Å². The highest BCUT2D eigenvalue weighted by atomic mass is 14.9. The van der Waals surface area contributed by atoms with Crippen LogP contribution >= 0.6 is 0 Å². The molecule has 1 nitrogen and oxygen atoms in total. The van der Waals surface area contributed by atoms with Gasteiger partial charge in [-0.1, -0.05) is 29.8 Å². The van der Waals surface area contributed by atoms with Crippen molar-refractivity contribution < 1.29 is 0 Å². The summed E-state index contributed by atoms with van der Waals surface area (Å²) in [7, 11) is 0. The Morgan fingerprint density at radius 3 is 2.44 bits per heavy atom. The van der Waals surface area contributed by atoms with Crippen molar-refractivity contribution in [3.8, 4) is 0 Å². The van der Waals surface area contributed by atoms with E-state index >= 15 is 0 Å². The molecule has 1 heterocycles. The average Bonchev–Trinajstić information content (AvgIpc) is 2.26.